The molecule has 27 heavy (non-hydrogen) atoms. The van der Waals surface area contributed by atoms with E-state index in [1.165, 1.54) is 12.1 Å². The zero-order chi connectivity index (χ0) is 18.6. The number of nitrogens with one attached hydrogen (secondary N) is 1. The highest BCUT2D eigenvalue weighted by atomic mass is 19.1. The van der Waals surface area contributed by atoms with Crippen LogP contribution in [0.2, 0.25) is 0 Å². The highest BCUT2D eigenvalue weighted by molar-refractivity contribution is 5.92. The Balaban J connectivity index is 1.47. The second-order valence-corrected chi connectivity index (χ2v) is 5.79. The third-order valence-corrected chi connectivity index (χ3v) is 3.99. The number of rotatable bonds is 5. The van der Waals surface area contributed by atoms with E-state index in [1.54, 1.807) is 59.7 Å². The average molecular weight is 362 g/mol. The van der Waals surface area contributed by atoms with E-state index in [0.29, 0.717) is 17.1 Å². The van der Waals surface area contributed by atoms with Crippen LogP contribution in [0.15, 0.2) is 77.6 Å². The Hall–Kier alpha value is -3.74. The molecule has 0 saturated heterocycles. The molecule has 0 saturated carbocycles. The van der Waals surface area contributed by atoms with Gasteiger partial charge in [-0.1, -0.05) is 6.07 Å². The molecule has 0 fully saturated rings. The van der Waals surface area contributed by atoms with Gasteiger partial charge >= 0.3 is 0 Å². The Labute approximate surface area is 154 Å². The van der Waals surface area contributed by atoms with Gasteiger partial charge in [0.25, 0.3) is 5.91 Å². The fourth-order valence-electron chi connectivity index (χ4n) is 2.66. The van der Waals surface area contributed by atoms with Crippen molar-refractivity contribution >= 4 is 5.91 Å². The largest absolute Gasteiger partial charge is 0.451 e. The monoisotopic (exact) mass is 362 g/mol. The summed E-state index contributed by atoms with van der Waals surface area (Å²) in [4.78, 5) is 16.7. The second kappa shape index (κ2) is 7.25. The fourth-order valence-corrected chi connectivity index (χ4v) is 2.66. The van der Waals surface area contributed by atoms with Gasteiger partial charge in [-0.05, 0) is 48.5 Å². The first-order chi connectivity index (χ1) is 13.2. The first-order valence-corrected chi connectivity index (χ1v) is 8.28. The van der Waals surface area contributed by atoms with Crippen molar-refractivity contribution in [1.29, 1.82) is 0 Å². The summed E-state index contributed by atoms with van der Waals surface area (Å²) in [6.07, 6.45) is 5.12. The summed E-state index contributed by atoms with van der Waals surface area (Å²) >= 11 is 0. The number of aromatic nitrogens is 3. The molecule has 0 unspecified atom stereocenters. The highest BCUT2D eigenvalue weighted by Gasteiger charge is 2.13. The molecule has 7 heteroatoms. The Morgan fingerprint density at radius 2 is 1.93 bits per heavy atom. The number of carbonyl (C=O) groups excluding carboxylic acids is 1. The minimum Gasteiger partial charge on any atom is -0.451 e. The molecule has 1 N–H and O–H groups in total. The molecule has 1 aromatic carbocycles. The van der Waals surface area contributed by atoms with Crippen molar-refractivity contribution < 1.29 is 13.6 Å². The van der Waals surface area contributed by atoms with Crippen LogP contribution in [0.3, 0.4) is 0 Å². The van der Waals surface area contributed by atoms with Crippen molar-refractivity contribution in [1.82, 2.24) is 20.1 Å². The quantitative estimate of drug-likeness (QED) is 0.589. The maximum Gasteiger partial charge on any atom is 0.287 e. The van der Waals surface area contributed by atoms with Gasteiger partial charge in [0, 0.05) is 36.3 Å². The molecule has 134 valence electrons. The Morgan fingerprint density at radius 1 is 1.07 bits per heavy atom. The lowest BCUT2D eigenvalue weighted by Crippen LogP contribution is -2.23. The number of hydrogen-bond acceptors (Lipinski definition) is 4. The average Bonchev–Trinajstić information content (AvgIpc) is 3.39. The third-order valence-electron chi connectivity index (χ3n) is 3.99. The van der Waals surface area contributed by atoms with Crippen LogP contribution in [0.4, 0.5) is 4.39 Å². The molecule has 0 radical (unpaired) electrons. The SMILES string of the molecule is O=C(NCc1cccnc1-n1cccn1)c1ccc(-c2ccc(F)cc2)o1. The van der Waals surface area contributed by atoms with Crippen molar-refractivity contribution in [3.8, 4) is 17.1 Å². The van der Waals surface area contributed by atoms with E-state index < -0.39 is 0 Å². The lowest BCUT2D eigenvalue weighted by Gasteiger charge is -2.09. The zero-order valence-electron chi connectivity index (χ0n) is 14.2. The molecule has 6 nitrogen and oxygen atoms in total. The first-order valence-electron chi connectivity index (χ1n) is 8.28. The van der Waals surface area contributed by atoms with E-state index in [1.807, 2.05) is 6.07 Å². The lowest BCUT2D eigenvalue weighted by molar-refractivity contribution is 0.0924. The van der Waals surface area contributed by atoms with Crippen molar-refractivity contribution in [2.24, 2.45) is 0 Å². The number of pyridine rings is 1. The molecule has 0 aliphatic heterocycles. The van der Waals surface area contributed by atoms with Crippen molar-refractivity contribution in [2.75, 3.05) is 0 Å². The molecule has 0 atom stereocenters. The molecule has 0 aliphatic carbocycles. The summed E-state index contributed by atoms with van der Waals surface area (Å²) in [5.74, 6) is 0.651. The molecule has 1 amide bonds. The summed E-state index contributed by atoms with van der Waals surface area (Å²) in [5, 5.41) is 6.99. The molecular formula is C20H15FN4O2. The highest BCUT2D eigenvalue weighted by Crippen LogP contribution is 2.22. The topological polar surface area (TPSA) is 73.0 Å². The molecule has 4 aromatic rings. The number of benzene rings is 1. The normalized spacial score (nSPS) is 10.7. The van der Waals surface area contributed by atoms with E-state index in [-0.39, 0.29) is 24.0 Å². The Morgan fingerprint density at radius 3 is 2.70 bits per heavy atom. The fraction of sp³-hybridized carbons (Fsp3) is 0.0500. The summed E-state index contributed by atoms with van der Waals surface area (Å²) in [7, 11) is 0. The second-order valence-electron chi connectivity index (χ2n) is 5.79. The van der Waals surface area contributed by atoms with Crippen LogP contribution < -0.4 is 5.32 Å². The molecule has 4 rings (SSSR count). The van der Waals surface area contributed by atoms with Crippen LogP contribution in [0, 0.1) is 5.82 Å². The summed E-state index contributed by atoms with van der Waals surface area (Å²) in [6.45, 7) is 0.272. The maximum atomic E-state index is 13.0. The van der Waals surface area contributed by atoms with Gasteiger partial charge in [0.05, 0.1) is 0 Å². The number of amides is 1. The van der Waals surface area contributed by atoms with E-state index >= 15 is 0 Å². The van der Waals surface area contributed by atoms with Gasteiger partial charge in [0.15, 0.2) is 11.6 Å². The summed E-state index contributed by atoms with van der Waals surface area (Å²) < 4.78 is 20.3. The van der Waals surface area contributed by atoms with Gasteiger partial charge in [0.1, 0.15) is 11.6 Å². The molecule has 0 spiro atoms. The number of furan rings is 1. The Kier molecular flexibility index (Phi) is 4.49. The molecular weight excluding hydrogens is 347 g/mol. The zero-order valence-corrected chi connectivity index (χ0v) is 14.2. The maximum absolute atomic E-state index is 13.0. The predicted octanol–water partition coefficient (Wildman–Crippen LogP) is 3.60. The predicted molar refractivity (Wildman–Crippen MR) is 96.6 cm³/mol. The van der Waals surface area contributed by atoms with Crippen LogP contribution in [-0.2, 0) is 6.54 Å². The summed E-state index contributed by atoms with van der Waals surface area (Å²) in [5.41, 5.74) is 1.52. The van der Waals surface area contributed by atoms with Crippen LogP contribution >= 0.6 is 0 Å². The van der Waals surface area contributed by atoms with Gasteiger partial charge in [0.2, 0.25) is 0 Å². The summed E-state index contributed by atoms with van der Waals surface area (Å²) in [6, 6.07) is 14.6. The van der Waals surface area contributed by atoms with Crippen LogP contribution in [0.25, 0.3) is 17.1 Å². The van der Waals surface area contributed by atoms with E-state index in [0.717, 1.165) is 5.56 Å². The first kappa shape index (κ1) is 16.7. The molecule has 0 aliphatic rings. The number of nitrogens with zero attached hydrogens (tertiary/aromatic N) is 3. The minimum atomic E-state index is -0.348. The van der Waals surface area contributed by atoms with Crippen molar-refractivity contribution in [3.63, 3.8) is 0 Å². The Bertz CT molecular complexity index is 1060. The van der Waals surface area contributed by atoms with Gasteiger partial charge in [-0.25, -0.2) is 14.1 Å². The molecule has 0 bridgehead atoms. The standard InChI is InChI=1S/C20H15FN4O2/c21-16-6-4-14(5-7-16)17-8-9-18(27-17)20(26)23-13-15-3-1-10-22-19(15)25-12-2-11-24-25/h1-12H,13H2,(H,23,26). The molecule has 3 aromatic heterocycles. The van der Waals surface area contributed by atoms with Gasteiger partial charge < -0.3 is 9.73 Å². The van der Waals surface area contributed by atoms with Crippen molar-refractivity contribution in [3.05, 3.63) is 90.3 Å². The number of halogens is 1. The smallest absolute Gasteiger partial charge is 0.287 e. The van der Waals surface area contributed by atoms with Gasteiger partial charge in [-0.2, -0.15) is 5.10 Å². The lowest BCUT2D eigenvalue weighted by atomic mass is 10.2. The number of carbonyl (C=O) groups is 1. The van der Waals surface area contributed by atoms with Crippen LogP contribution in [-0.4, -0.2) is 20.7 Å². The van der Waals surface area contributed by atoms with Gasteiger partial charge in [-0.3, -0.25) is 4.79 Å². The number of hydrogen-bond donors (Lipinski definition) is 1. The van der Waals surface area contributed by atoms with Gasteiger partial charge in [-0.15, -0.1) is 0 Å². The van der Waals surface area contributed by atoms with E-state index in [2.05, 4.69) is 15.4 Å². The van der Waals surface area contributed by atoms with E-state index in [9.17, 15) is 9.18 Å². The molecule has 3 heterocycles. The third kappa shape index (κ3) is 3.62. The van der Waals surface area contributed by atoms with Crippen LogP contribution in [0.5, 0.6) is 0 Å². The van der Waals surface area contributed by atoms with E-state index in [4.69, 9.17) is 4.42 Å². The van der Waals surface area contributed by atoms with Crippen molar-refractivity contribution in [2.45, 2.75) is 6.54 Å². The minimum absolute atomic E-state index is 0.179. The van der Waals surface area contributed by atoms with Crippen LogP contribution in [0.1, 0.15) is 16.1 Å².